The third-order valence-electron chi connectivity index (χ3n) is 4.25. The summed E-state index contributed by atoms with van der Waals surface area (Å²) < 4.78 is 10.5. The van der Waals surface area contributed by atoms with Crippen LogP contribution < -0.4 is 0 Å². The number of ketones is 1. The number of benzene rings is 1. The van der Waals surface area contributed by atoms with Gasteiger partial charge in [-0.2, -0.15) is 0 Å². The van der Waals surface area contributed by atoms with Gasteiger partial charge >= 0.3 is 0 Å². The van der Waals surface area contributed by atoms with Crippen molar-refractivity contribution in [2.45, 2.75) is 13.0 Å². The van der Waals surface area contributed by atoms with Gasteiger partial charge in [0.05, 0.1) is 19.1 Å². The quantitative estimate of drug-likeness (QED) is 0.694. The summed E-state index contributed by atoms with van der Waals surface area (Å²) in [5.74, 6) is 0.876. The number of hydrogen-bond acceptors (Lipinski definition) is 4. The van der Waals surface area contributed by atoms with Gasteiger partial charge in [-0.05, 0) is 42.3 Å². The van der Waals surface area contributed by atoms with E-state index in [2.05, 4.69) is 0 Å². The van der Waals surface area contributed by atoms with Gasteiger partial charge in [-0.1, -0.05) is 12.1 Å². The molecular formula is C19H15NO4. The molecule has 3 heterocycles. The molecule has 4 rings (SSSR count). The molecule has 0 saturated carbocycles. The Hall–Kier alpha value is -3.08. The van der Waals surface area contributed by atoms with Crippen molar-refractivity contribution < 1.29 is 18.4 Å². The Morgan fingerprint density at radius 3 is 2.46 bits per heavy atom. The van der Waals surface area contributed by atoms with Crippen LogP contribution in [-0.2, 0) is 13.0 Å². The van der Waals surface area contributed by atoms with Gasteiger partial charge in [0.1, 0.15) is 5.76 Å². The lowest BCUT2D eigenvalue weighted by Gasteiger charge is -2.26. The summed E-state index contributed by atoms with van der Waals surface area (Å²) >= 11 is 0. The number of carbonyl (C=O) groups excluding carboxylic acids is 2. The van der Waals surface area contributed by atoms with Gasteiger partial charge in [0.25, 0.3) is 5.91 Å². The number of carbonyl (C=O) groups is 2. The highest BCUT2D eigenvalue weighted by Gasteiger charge is 2.24. The smallest absolute Gasteiger partial charge is 0.254 e. The number of amides is 1. The zero-order valence-electron chi connectivity index (χ0n) is 12.9. The highest BCUT2D eigenvalue weighted by molar-refractivity contribution is 6.07. The normalized spacial score (nSPS) is 13.6. The van der Waals surface area contributed by atoms with Gasteiger partial charge in [0, 0.05) is 17.7 Å². The van der Waals surface area contributed by atoms with Crippen LogP contribution in [0.25, 0.3) is 0 Å². The maximum atomic E-state index is 12.6. The summed E-state index contributed by atoms with van der Waals surface area (Å²) in [6, 6.07) is 11.9. The SMILES string of the molecule is O=C(c1ccc(C(=O)N2CCc3ccoc3C2)cc1)c1ccco1. The van der Waals surface area contributed by atoms with Crippen molar-refractivity contribution in [3.8, 4) is 0 Å². The van der Waals surface area contributed by atoms with Crippen LogP contribution >= 0.6 is 0 Å². The minimum atomic E-state index is -0.197. The second-order valence-corrected chi connectivity index (χ2v) is 5.73. The van der Waals surface area contributed by atoms with E-state index in [4.69, 9.17) is 8.83 Å². The molecule has 0 N–H and O–H groups in total. The first-order valence-electron chi connectivity index (χ1n) is 7.75. The maximum absolute atomic E-state index is 12.6. The van der Waals surface area contributed by atoms with E-state index in [1.165, 1.54) is 11.8 Å². The molecule has 0 spiro atoms. The molecular weight excluding hydrogens is 306 g/mol. The van der Waals surface area contributed by atoms with Crippen molar-refractivity contribution in [2.24, 2.45) is 0 Å². The monoisotopic (exact) mass is 321 g/mol. The number of furan rings is 2. The highest BCUT2D eigenvalue weighted by Crippen LogP contribution is 2.21. The van der Waals surface area contributed by atoms with Gasteiger partial charge in [-0.3, -0.25) is 9.59 Å². The average Bonchev–Trinajstić information content (AvgIpc) is 3.31. The van der Waals surface area contributed by atoms with Crippen molar-refractivity contribution in [1.29, 1.82) is 0 Å². The third-order valence-corrected chi connectivity index (χ3v) is 4.25. The van der Waals surface area contributed by atoms with Gasteiger partial charge in [-0.25, -0.2) is 0 Å². The molecule has 0 aliphatic carbocycles. The summed E-state index contributed by atoms with van der Waals surface area (Å²) in [6.07, 6.45) is 3.92. The largest absolute Gasteiger partial charge is 0.467 e. The Morgan fingerprint density at radius 1 is 0.917 bits per heavy atom. The maximum Gasteiger partial charge on any atom is 0.254 e. The molecule has 1 aliphatic rings. The summed E-state index contributed by atoms with van der Waals surface area (Å²) in [5, 5.41) is 0. The Kier molecular flexibility index (Phi) is 3.54. The summed E-state index contributed by atoms with van der Waals surface area (Å²) in [6.45, 7) is 1.15. The fourth-order valence-electron chi connectivity index (χ4n) is 2.91. The minimum absolute atomic E-state index is 0.0611. The molecule has 0 fully saturated rings. The average molecular weight is 321 g/mol. The van der Waals surface area contributed by atoms with E-state index in [0.717, 1.165) is 12.2 Å². The second-order valence-electron chi connectivity index (χ2n) is 5.73. The van der Waals surface area contributed by atoms with Gasteiger partial charge < -0.3 is 13.7 Å². The molecule has 24 heavy (non-hydrogen) atoms. The van der Waals surface area contributed by atoms with Crippen molar-refractivity contribution in [1.82, 2.24) is 4.90 Å². The highest BCUT2D eigenvalue weighted by atomic mass is 16.3. The lowest BCUT2D eigenvalue weighted by molar-refractivity contribution is 0.0719. The first-order valence-corrected chi connectivity index (χ1v) is 7.75. The standard InChI is InChI=1S/C19H15NO4/c21-18(16-2-1-10-23-16)14-3-5-15(6-4-14)19(22)20-9-7-13-8-11-24-17(13)12-20/h1-6,8,10-11H,7,9,12H2. The van der Waals surface area contributed by atoms with Gasteiger partial charge in [0.2, 0.25) is 5.78 Å². The van der Waals surface area contributed by atoms with Crippen LogP contribution in [0.1, 0.15) is 37.8 Å². The van der Waals surface area contributed by atoms with Crippen LogP contribution in [0.5, 0.6) is 0 Å². The van der Waals surface area contributed by atoms with Crippen molar-refractivity contribution in [3.63, 3.8) is 0 Å². The molecule has 0 saturated heterocycles. The fourth-order valence-corrected chi connectivity index (χ4v) is 2.91. The van der Waals surface area contributed by atoms with E-state index < -0.39 is 0 Å². The summed E-state index contributed by atoms with van der Waals surface area (Å²) in [5.41, 5.74) is 2.22. The van der Waals surface area contributed by atoms with Crippen molar-refractivity contribution in [2.75, 3.05) is 6.54 Å². The molecule has 0 atom stereocenters. The second kappa shape index (κ2) is 5.85. The molecule has 0 radical (unpaired) electrons. The first-order chi connectivity index (χ1) is 11.7. The molecule has 0 bridgehead atoms. The molecule has 0 unspecified atom stereocenters. The van der Waals surface area contributed by atoms with E-state index in [-0.39, 0.29) is 17.5 Å². The molecule has 3 aromatic rings. The predicted molar refractivity (Wildman–Crippen MR) is 85.7 cm³/mol. The van der Waals surface area contributed by atoms with Crippen LogP contribution in [-0.4, -0.2) is 23.1 Å². The predicted octanol–water partition coefficient (Wildman–Crippen LogP) is 3.30. The van der Waals surface area contributed by atoms with E-state index in [1.54, 1.807) is 47.6 Å². The van der Waals surface area contributed by atoms with Crippen LogP contribution in [0.4, 0.5) is 0 Å². The van der Waals surface area contributed by atoms with Crippen LogP contribution in [0.3, 0.4) is 0 Å². The van der Waals surface area contributed by atoms with Gasteiger partial charge in [0.15, 0.2) is 5.76 Å². The van der Waals surface area contributed by atoms with E-state index in [1.807, 2.05) is 6.07 Å². The zero-order valence-corrected chi connectivity index (χ0v) is 12.9. The van der Waals surface area contributed by atoms with Crippen LogP contribution in [0, 0.1) is 0 Å². The fraction of sp³-hybridized carbons (Fsp3) is 0.158. The molecule has 2 aromatic heterocycles. The number of rotatable bonds is 3. The Morgan fingerprint density at radius 2 is 1.71 bits per heavy atom. The van der Waals surface area contributed by atoms with Crippen molar-refractivity contribution >= 4 is 11.7 Å². The zero-order chi connectivity index (χ0) is 16.5. The Labute approximate surface area is 138 Å². The molecule has 5 nitrogen and oxygen atoms in total. The Balaban J connectivity index is 1.51. The summed E-state index contributed by atoms with van der Waals surface area (Å²) in [7, 11) is 0. The number of hydrogen-bond donors (Lipinski definition) is 0. The topological polar surface area (TPSA) is 63.7 Å². The molecule has 5 heteroatoms. The summed E-state index contributed by atoms with van der Waals surface area (Å²) in [4.78, 5) is 26.6. The van der Waals surface area contributed by atoms with E-state index >= 15 is 0 Å². The Bertz CT molecular complexity index is 874. The van der Waals surface area contributed by atoms with Crippen LogP contribution in [0.2, 0.25) is 0 Å². The molecule has 120 valence electrons. The molecule has 1 aromatic carbocycles. The lowest BCUT2D eigenvalue weighted by Crippen LogP contribution is -2.35. The number of fused-ring (bicyclic) bond motifs is 1. The molecule has 1 aliphatic heterocycles. The van der Waals surface area contributed by atoms with Gasteiger partial charge in [-0.15, -0.1) is 0 Å². The van der Waals surface area contributed by atoms with E-state index in [0.29, 0.717) is 24.2 Å². The first kappa shape index (κ1) is 14.5. The van der Waals surface area contributed by atoms with Crippen LogP contribution in [0.15, 0.2) is 63.8 Å². The minimum Gasteiger partial charge on any atom is -0.467 e. The van der Waals surface area contributed by atoms with Crippen molar-refractivity contribution in [3.05, 3.63) is 83.2 Å². The number of nitrogens with zero attached hydrogens (tertiary/aromatic N) is 1. The molecule has 1 amide bonds. The van der Waals surface area contributed by atoms with E-state index in [9.17, 15) is 9.59 Å². The third kappa shape index (κ3) is 2.54. The lowest BCUT2D eigenvalue weighted by atomic mass is 10.0.